The summed E-state index contributed by atoms with van der Waals surface area (Å²) in [6.07, 6.45) is -0.381. The largest absolute Gasteiger partial charge is 0.449 e. The first-order chi connectivity index (χ1) is 10.9. The van der Waals surface area contributed by atoms with Crippen molar-refractivity contribution in [2.24, 2.45) is 0 Å². The van der Waals surface area contributed by atoms with Gasteiger partial charge in [-0.3, -0.25) is 4.79 Å². The van der Waals surface area contributed by atoms with Crippen LogP contribution in [0.4, 0.5) is 5.69 Å². The van der Waals surface area contributed by atoms with E-state index in [0.717, 1.165) is 5.56 Å². The second-order valence-electron chi connectivity index (χ2n) is 5.32. The molecule has 0 aliphatic rings. The molecule has 6 heteroatoms. The molecule has 1 N–H and O–H groups in total. The quantitative estimate of drug-likeness (QED) is 0.857. The minimum Gasteiger partial charge on any atom is -0.449 e. The van der Waals surface area contributed by atoms with Crippen molar-refractivity contribution in [3.05, 3.63) is 46.8 Å². The Kier molecular flexibility index (Phi) is 5.16. The Morgan fingerprint density at radius 1 is 1.26 bits per heavy atom. The van der Waals surface area contributed by atoms with Crippen LogP contribution in [-0.4, -0.2) is 23.1 Å². The summed E-state index contributed by atoms with van der Waals surface area (Å²) in [5.41, 5.74) is 2.57. The highest BCUT2D eigenvalue weighted by Gasteiger charge is 2.25. The van der Waals surface area contributed by atoms with Crippen molar-refractivity contribution in [1.29, 1.82) is 0 Å². The minimum atomic E-state index is -0.928. The number of nitrogens with zero attached hydrogens (tertiary/aromatic N) is 1. The van der Waals surface area contributed by atoms with Gasteiger partial charge < -0.3 is 14.6 Å². The van der Waals surface area contributed by atoms with Crippen LogP contribution in [0, 0.1) is 13.8 Å². The topological polar surface area (TPSA) is 81.4 Å². The predicted molar refractivity (Wildman–Crippen MR) is 85.3 cm³/mol. The third kappa shape index (κ3) is 3.97. The van der Waals surface area contributed by atoms with Gasteiger partial charge in [-0.2, -0.15) is 0 Å². The van der Waals surface area contributed by atoms with Gasteiger partial charge in [-0.05, 0) is 39.3 Å². The Labute approximate surface area is 134 Å². The number of rotatable bonds is 5. The molecule has 0 spiro atoms. The van der Waals surface area contributed by atoms with Gasteiger partial charge in [-0.1, -0.05) is 29.8 Å². The van der Waals surface area contributed by atoms with Crippen LogP contribution in [0.2, 0.25) is 0 Å². The van der Waals surface area contributed by atoms with Crippen LogP contribution < -0.4 is 5.32 Å². The number of aryl methyl sites for hydroxylation is 3. The maximum atomic E-state index is 12.2. The van der Waals surface area contributed by atoms with E-state index in [1.54, 1.807) is 19.1 Å². The van der Waals surface area contributed by atoms with Crippen LogP contribution in [0.1, 0.15) is 41.2 Å². The van der Waals surface area contributed by atoms with Crippen LogP contribution in [0.3, 0.4) is 0 Å². The summed E-state index contributed by atoms with van der Waals surface area (Å²) in [4.78, 5) is 24.3. The van der Waals surface area contributed by atoms with Crippen LogP contribution in [-0.2, 0) is 16.0 Å². The van der Waals surface area contributed by atoms with Gasteiger partial charge >= 0.3 is 5.97 Å². The maximum Gasteiger partial charge on any atom is 0.344 e. The van der Waals surface area contributed by atoms with Gasteiger partial charge in [0.1, 0.15) is 11.3 Å². The van der Waals surface area contributed by atoms with Crippen LogP contribution in [0.5, 0.6) is 0 Å². The first-order valence-electron chi connectivity index (χ1n) is 7.46. The summed E-state index contributed by atoms with van der Waals surface area (Å²) >= 11 is 0. The fraction of sp³-hybridized carbons (Fsp3) is 0.353. The zero-order valence-corrected chi connectivity index (χ0v) is 13.7. The van der Waals surface area contributed by atoms with Gasteiger partial charge in [0.2, 0.25) is 0 Å². The highest BCUT2D eigenvalue weighted by Crippen LogP contribution is 2.16. The normalized spacial score (nSPS) is 11.8. The fourth-order valence-electron chi connectivity index (χ4n) is 2.07. The summed E-state index contributed by atoms with van der Waals surface area (Å²) in [5.74, 6) is -0.612. The average molecular weight is 316 g/mol. The first kappa shape index (κ1) is 16.7. The number of hydrogen-bond acceptors (Lipinski definition) is 5. The van der Waals surface area contributed by atoms with Crippen molar-refractivity contribution >= 4 is 17.6 Å². The molecule has 1 aromatic carbocycles. The second-order valence-corrected chi connectivity index (χ2v) is 5.32. The standard InChI is InChI=1S/C17H20N2O4/c1-5-14-15(11(3)23-19-14)17(21)22-12(4)16(20)18-13-8-6-10(2)7-9-13/h6-9,12H,5H2,1-4H3,(H,18,20)/t12-/m0/s1. The number of benzene rings is 1. The summed E-state index contributed by atoms with van der Waals surface area (Å²) < 4.78 is 10.2. The molecule has 0 saturated carbocycles. The van der Waals surface area contributed by atoms with E-state index in [4.69, 9.17) is 9.26 Å². The molecule has 0 unspecified atom stereocenters. The lowest BCUT2D eigenvalue weighted by Crippen LogP contribution is -2.30. The molecule has 0 saturated heterocycles. The van der Waals surface area contributed by atoms with Gasteiger partial charge in [0.05, 0.1) is 5.69 Å². The maximum absolute atomic E-state index is 12.2. The summed E-state index contributed by atoms with van der Waals surface area (Å²) in [5, 5.41) is 6.51. The van der Waals surface area contributed by atoms with E-state index in [2.05, 4.69) is 10.5 Å². The Morgan fingerprint density at radius 3 is 2.52 bits per heavy atom. The van der Waals surface area contributed by atoms with Crippen LogP contribution in [0.25, 0.3) is 0 Å². The lowest BCUT2D eigenvalue weighted by atomic mass is 10.1. The van der Waals surface area contributed by atoms with Crippen molar-refractivity contribution in [3.63, 3.8) is 0 Å². The summed E-state index contributed by atoms with van der Waals surface area (Å²) in [6, 6.07) is 7.36. The Morgan fingerprint density at radius 2 is 1.91 bits per heavy atom. The van der Waals surface area contributed by atoms with Crippen LogP contribution >= 0.6 is 0 Å². The Bertz CT molecular complexity index is 704. The van der Waals surface area contributed by atoms with Gasteiger partial charge in [0.15, 0.2) is 6.10 Å². The number of aromatic nitrogens is 1. The molecule has 1 atom stereocenters. The lowest BCUT2D eigenvalue weighted by Gasteiger charge is -2.13. The highest BCUT2D eigenvalue weighted by molar-refractivity contribution is 5.98. The smallest absolute Gasteiger partial charge is 0.344 e. The van der Waals surface area contributed by atoms with Crippen molar-refractivity contribution in [2.45, 2.75) is 40.2 Å². The van der Waals surface area contributed by atoms with E-state index in [0.29, 0.717) is 29.1 Å². The van der Waals surface area contributed by atoms with E-state index >= 15 is 0 Å². The second kappa shape index (κ2) is 7.09. The van der Waals surface area contributed by atoms with E-state index in [9.17, 15) is 9.59 Å². The zero-order chi connectivity index (χ0) is 17.0. The number of amides is 1. The molecule has 6 nitrogen and oxygen atoms in total. The molecule has 0 radical (unpaired) electrons. The molecule has 1 heterocycles. The van der Waals surface area contributed by atoms with Gasteiger partial charge in [-0.25, -0.2) is 4.79 Å². The molecule has 122 valence electrons. The molecule has 2 aromatic rings. The number of carbonyl (C=O) groups excluding carboxylic acids is 2. The molecular weight excluding hydrogens is 296 g/mol. The third-order valence-electron chi connectivity index (χ3n) is 3.44. The number of ether oxygens (including phenoxy) is 1. The zero-order valence-electron chi connectivity index (χ0n) is 13.7. The van der Waals surface area contributed by atoms with E-state index in [1.807, 2.05) is 26.0 Å². The SMILES string of the molecule is CCc1noc(C)c1C(=O)O[C@@H](C)C(=O)Nc1ccc(C)cc1. The minimum absolute atomic E-state index is 0.294. The first-order valence-corrected chi connectivity index (χ1v) is 7.46. The van der Waals surface area contributed by atoms with Gasteiger partial charge in [-0.15, -0.1) is 0 Å². The third-order valence-corrected chi connectivity index (χ3v) is 3.44. The lowest BCUT2D eigenvalue weighted by molar-refractivity contribution is -0.123. The van der Waals surface area contributed by atoms with E-state index < -0.39 is 18.0 Å². The van der Waals surface area contributed by atoms with Crippen molar-refractivity contribution < 1.29 is 18.8 Å². The highest BCUT2D eigenvalue weighted by atomic mass is 16.5. The monoisotopic (exact) mass is 316 g/mol. The molecular formula is C17H20N2O4. The van der Waals surface area contributed by atoms with Crippen molar-refractivity contribution in [1.82, 2.24) is 5.16 Å². The predicted octanol–water partition coefficient (Wildman–Crippen LogP) is 3.04. The molecule has 0 aliphatic carbocycles. The molecule has 2 rings (SSSR count). The molecule has 0 bridgehead atoms. The van der Waals surface area contributed by atoms with Gasteiger partial charge in [0, 0.05) is 5.69 Å². The average Bonchev–Trinajstić information content (AvgIpc) is 2.90. The molecule has 1 aromatic heterocycles. The Balaban J connectivity index is 2.01. The Hall–Kier alpha value is -2.63. The van der Waals surface area contributed by atoms with Crippen molar-refractivity contribution in [3.8, 4) is 0 Å². The molecule has 0 fully saturated rings. The summed E-state index contributed by atoms with van der Waals surface area (Å²) in [6.45, 7) is 6.99. The number of anilines is 1. The van der Waals surface area contributed by atoms with E-state index in [1.165, 1.54) is 6.92 Å². The molecule has 1 amide bonds. The van der Waals surface area contributed by atoms with E-state index in [-0.39, 0.29) is 0 Å². The van der Waals surface area contributed by atoms with Crippen LogP contribution in [0.15, 0.2) is 28.8 Å². The number of nitrogens with one attached hydrogen (secondary N) is 1. The molecule has 0 aliphatic heterocycles. The number of esters is 1. The number of carbonyl (C=O) groups is 2. The molecule has 23 heavy (non-hydrogen) atoms. The summed E-state index contributed by atoms with van der Waals surface area (Å²) in [7, 11) is 0. The fourth-order valence-corrected chi connectivity index (χ4v) is 2.07. The van der Waals surface area contributed by atoms with Crippen molar-refractivity contribution in [2.75, 3.05) is 5.32 Å². The van der Waals surface area contributed by atoms with Gasteiger partial charge in [0.25, 0.3) is 5.91 Å². The number of hydrogen-bond donors (Lipinski definition) is 1.